The van der Waals surface area contributed by atoms with Crippen LogP contribution in [0.5, 0.6) is 0 Å². The fourth-order valence-corrected chi connectivity index (χ4v) is 1.26. The SMILES string of the molecule is C=CCC(C)CCC(C)C#CC. The van der Waals surface area contributed by atoms with Crippen molar-refractivity contribution in [2.24, 2.45) is 11.8 Å². The number of allylic oxidation sites excluding steroid dienone is 1. The Balaban J connectivity index is 3.50. The van der Waals surface area contributed by atoms with Gasteiger partial charge in [-0.25, -0.2) is 0 Å². The van der Waals surface area contributed by atoms with E-state index < -0.39 is 0 Å². The smallest absolute Gasteiger partial charge is 0.0174 e. The zero-order valence-corrected chi connectivity index (χ0v) is 8.56. The Kier molecular flexibility index (Phi) is 6.57. The maximum absolute atomic E-state index is 3.74. The van der Waals surface area contributed by atoms with Gasteiger partial charge in [-0.2, -0.15) is 0 Å². The first-order valence-electron chi connectivity index (χ1n) is 4.73. The van der Waals surface area contributed by atoms with Crippen molar-refractivity contribution in [1.29, 1.82) is 0 Å². The van der Waals surface area contributed by atoms with E-state index in [1.807, 2.05) is 13.0 Å². The second-order valence-corrected chi connectivity index (χ2v) is 3.50. The highest BCUT2D eigenvalue weighted by Crippen LogP contribution is 2.14. The third-order valence-corrected chi connectivity index (χ3v) is 2.05. The molecule has 2 atom stereocenters. The zero-order chi connectivity index (χ0) is 9.40. The normalized spacial score (nSPS) is 14.2. The van der Waals surface area contributed by atoms with E-state index in [0.717, 1.165) is 12.3 Å². The lowest BCUT2D eigenvalue weighted by Gasteiger charge is -2.09. The van der Waals surface area contributed by atoms with E-state index in [2.05, 4.69) is 32.3 Å². The molecule has 0 amide bonds. The zero-order valence-electron chi connectivity index (χ0n) is 8.56. The average molecular weight is 164 g/mol. The summed E-state index contributed by atoms with van der Waals surface area (Å²) in [6, 6.07) is 0. The summed E-state index contributed by atoms with van der Waals surface area (Å²) in [5, 5.41) is 0. The van der Waals surface area contributed by atoms with Crippen LogP contribution in [0.25, 0.3) is 0 Å². The standard InChI is InChI=1S/C12H20/c1-5-7-11(3)9-10-12(4)8-6-2/h5,11-12H,1,7,9-10H2,2-4H3. The molecule has 0 aromatic carbocycles. The third kappa shape index (κ3) is 6.04. The van der Waals surface area contributed by atoms with Crippen molar-refractivity contribution in [2.75, 3.05) is 0 Å². The van der Waals surface area contributed by atoms with Crippen LogP contribution in [-0.4, -0.2) is 0 Å². The van der Waals surface area contributed by atoms with Crippen LogP contribution >= 0.6 is 0 Å². The topological polar surface area (TPSA) is 0 Å². The van der Waals surface area contributed by atoms with Gasteiger partial charge in [0.05, 0.1) is 0 Å². The maximum Gasteiger partial charge on any atom is 0.0174 e. The highest BCUT2D eigenvalue weighted by atomic mass is 14.1. The fourth-order valence-electron chi connectivity index (χ4n) is 1.26. The van der Waals surface area contributed by atoms with Crippen LogP contribution in [-0.2, 0) is 0 Å². The first-order chi connectivity index (χ1) is 5.70. The van der Waals surface area contributed by atoms with Crippen LogP contribution in [0.4, 0.5) is 0 Å². The average Bonchev–Trinajstić information content (AvgIpc) is 2.02. The van der Waals surface area contributed by atoms with E-state index >= 15 is 0 Å². The molecule has 0 nitrogen and oxygen atoms in total. The van der Waals surface area contributed by atoms with Crippen LogP contribution < -0.4 is 0 Å². The van der Waals surface area contributed by atoms with Gasteiger partial charge in [-0.05, 0) is 32.1 Å². The van der Waals surface area contributed by atoms with Gasteiger partial charge in [0.1, 0.15) is 0 Å². The minimum absolute atomic E-state index is 0.558. The van der Waals surface area contributed by atoms with Gasteiger partial charge in [-0.15, -0.1) is 18.4 Å². The molecular formula is C12H20. The Morgan fingerprint density at radius 1 is 1.33 bits per heavy atom. The minimum atomic E-state index is 0.558. The van der Waals surface area contributed by atoms with Crippen molar-refractivity contribution >= 4 is 0 Å². The molecule has 0 fully saturated rings. The van der Waals surface area contributed by atoms with Crippen LogP contribution in [0, 0.1) is 23.7 Å². The summed E-state index contributed by atoms with van der Waals surface area (Å²) in [6.45, 7) is 10.1. The van der Waals surface area contributed by atoms with Gasteiger partial charge in [0.2, 0.25) is 0 Å². The van der Waals surface area contributed by atoms with Gasteiger partial charge in [0, 0.05) is 5.92 Å². The first-order valence-corrected chi connectivity index (χ1v) is 4.73. The molecule has 2 unspecified atom stereocenters. The van der Waals surface area contributed by atoms with Crippen molar-refractivity contribution in [3.8, 4) is 11.8 Å². The molecule has 0 saturated carbocycles. The van der Waals surface area contributed by atoms with Gasteiger partial charge >= 0.3 is 0 Å². The fraction of sp³-hybridized carbons (Fsp3) is 0.667. The lowest BCUT2D eigenvalue weighted by molar-refractivity contribution is 0.481. The quantitative estimate of drug-likeness (QED) is 0.430. The van der Waals surface area contributed by atoms with Gasteiger partial charge in [-0.1, -0.05) is 19.9 Å². The Bertz CT molecular complexity index is 168. The highest BCUT2D eigenvalue weighted by Gasteiger charge is 2.02. The molecule has 0 rings (SSSR count). The monoisotopic (exact) mass is 164 g/mol. The summed E-state index contributed by atoms with van der Waals surface area (Å²) in [5.41, 5.74) is 0. The van der Waals surface area contributed by atoms with E-state index in [0.29, 0.717) is 5.92 Å². The molecule has 0 aliphatic rings. The van der Waals surface area contributed by atoms with E-state index in [4.69, 9.17) is 0 Å². The Labute approximate surface area is 77.1 Å². The molecule has 0 heterocycles. The minimum Gasteiger partial charge on any atom is -0.106 e. The predicted molar refractivity (Wildman–Crippen MR) is 55.8 cm³/mol. The number of hydrogen-bond acceptors (Lipinski definition) is 0. The van der Waals surface area contributed by atoms with Crippen molar-refractivity contribution in [1.82, 2.24) is 0 Å². The van der Waals surface area contributed by atoms with Crippen LogP contribution in [0.15, 0.2) is 12.7 Å². The number of rotatable bonds is 5. The van der Waals surface area contributed by atoms with E-state index in [9.17, 15) is 0 Å². The van der Waals surface area contributed by atoms with Crippen LogP contribution in [0.2, 0.25) is 0 Å². The molecule has 0 bridgehead atoms. The van der Waals surface area contributed by atoms with Gasteiger partial charge in [-0.3, -0.25) is 0 Å². The molecule has 0 aromatic rings. The van der Waals surface area contributed by atoms with E-state index in [1.54, 1.807) is 0 Å². The molecule has 12 heavy (non-hydrogen) atoms. The summed E-state index contributed by atoms with van der Waals surface area (Å²) >= 11 is 0. The summed E-state index contributed by atoms with van der Waals surface area (Å²) in [7, 11) is 0. The summed E-state index contributed by atoms with van der Waals surface area (Å²) in [5.74, 6) is 7.45. The van der Waals surface area contributed by atoms with Crippen molar-refractivity contribution in [2.45, 2.75) is 40.0 Å². The van der Waals surface area contributed by atoms with Crippen molar-refractivity contribution in [3.63, 3.8) is 0 Å². The largest absolute Gasteiger partial charge is 0.106 e. The molecule has 68 valence electrons. The molecule has 0 spiro atoms. The molecule has 0 aromatic heterocycles. The second kappa shape index (κ2) is 6.98. The Hall–Kier alpha value is -0.700. The molecular weight excluding hydrogens is 144 g/mol. The van der Waals surface area contributed by atoms with Crippen molar-refractivity contribution in [3.05, 3.63) is 12.7 Å². The predicted octanol–water partition coefficient (Wildman–Crippen LogP) is 3.64. The summed E-state index contributed by atoms with van der Waals surface area (Å²) < 4.78 is 0. The van der Waals surface area contributed by atoms with E-state index in [1.165, 1.54) is 12.8 Å². The molecule has 0 aliphatic heterocycles. The van der Waals surface area contributed by atoms with Crippen LogP contribution in [0.1, 0.15) is 40.0 Å². The van der Waals surface area contributed by atoms with Gasteiger partial charge < -0.3 is 0 Å². The maximum atomic E-state index is 3.74. The second-order valence-electron chi connectivity index (χ2n) is 3.50. The molecule has 0 heteroatoms. The lowest BCUT2D eigenvalue weighted by Crippen LogP contribution is -1.97. The number of hydrogen-bond donors (Lipinski definition) is 0. The first kappa shape index (κ1) is 11.3. The summed E-state index contributed by atoms with van der Waals surface area (Å²) in [4.78, 5) is 0. The van der Waals surface area contributed by atoms with E-state index in [-0.39, 0.29) is 0 Å². The summed E-state index contributed by atoms with van der Waals surface area (Å²) in [6.07, 6.45) is 5.62. The molecule has 0 aliphatic carbocycles. The van der Waals surface area contributed by atoms with Gasteiger partial charge in [0.15, 0.2) is 0 Å². The Morgan fingerprint density at radius 2 is 2.00 bits per heavy atom. The third-order valence-electron chi connectivity index (χ3n) is 2.05. The lowest BCUT2D eigenvalue weighted by atomic mass is 9.96. The molecule has 0 N–H and O–H groups in total. The Morgan fingerprint density at radius 3 is 2.50 bits per heavy atom. The highest BCUT2D eigenvalue weighted by molar-refractivity contribution is 4.99. The molecule has 0 saturated heterocycles. The molecule has 0 radical (unpaired) electrons. The van der Waals surface area contributed by atoms with Gasteiger partial charge in [0.25, 0.3) is 0 Å². The van der Waals surface area contributed by atoms with Crippen LogP contribution in [0.3, 0.4) is 0 Å². The van der Waals surface area contributed by atoms with Crippen molar-refractivity contribution < 1.29 is 0 Å².